The highest BCUT2D eigenvalue weighted by molar-refractivity contribution is 9.08. The Balaban J connectivity index is 2.69. The van der Waals surface area contributed by atoms with Crippen molar-refractivity contribution in [3.63, 3.8) is 0 Å². The lowest BCUT2D eigenvalue weighted by molar-refractivity contribution is 0.856. The summed E-state index contributed by atoms with van der Waals surface area (Å²) in [5.41, 5.74) is 5.31. The Hall–Kier alpha value is -1.35. The van der Waals surface area contributed by atoms with Crippen molar-refractivity contribution in [2.24, 2.45) is 7.05 Å². The number of alkyl halides is 1. The topological polar surface area (TPSA) is 22.0 Å². The maximum absolute atomic E-state index is 12.1. The largest absolute Gasteiger partial charge is 0.311 e. The first-order valence-corrected chi connectivity index (χ1v) is 6.99. The van der Waals surface area contributed by atoms with Crippen LogP contribution in [0.15, 0.2) is 35.1 Å². The van der Waals surface area contributed by atoms with E-state index in [-0.39, 0.29) is 5.56 Å². The molecule has 18 heavy (non-hydrogen) atoms. The van der Waals surface area contributed by atoms with Crippen LogP contribution in [0.25, 0.3) is 11.3 Å². The van der Waals surface area contributed by atoms with Crippen LogP contribution in [0.3, 0.4) is 0 Å². The molecule has 0 saturated heterocycles. The van der Waals surface area contributed by atoms with Gasteiger partial charge in [0.15, 0.2) is 0 Å². The van der Waals surface area contributed by atoms with Crippen molar-refractivity contribution in [3.05, 3.63) is 57.4 Å². The third kappa shape index (κ3) is 2.27. The highest BCUT2D eigenvalue weighted by Gasteiger charge is 2.09. The van der Waals surface area contributed by atoms with Gasteiger partial charge in [-0.05, 0) is 31.5 Å². The summed E-state index contributed by atoms with van der Waals surface area (Å²) in [5.74, 6) is 0. The first-order chi connectivity index (χ1) is 8.54. The van der Waals surface area contributed by atoms with Crippen LogP contribution in [0.4, 0.5) is 0 Å². The first-order valence-electron chi connectivity index (χ1n) is 5.87. The van der Waals surface area contributed by atoms with Crippen molar-refractivity contribution in [1.82, 2.24) is 4.57 Å². The molecule has 1 heterocycles. The van der Waals surface area contributed by atoms with Gasteiger partial charge in [-0.15, -0.1) is 0 Å². The molecule has 0 saturated carbocycles. The maximum Gasteiger partial charge on any atom is 0.254 e. The molecule has 1 aromatic heterocycles. The first kappa shape index (κ1) is 13.1. The lowest BCUT2D eigenvalue weighted by atomic mass is 10.0. The second kappa shape index (κ2) is 5.11. The molecule has 0 N–H and O–H groups in total. The molecule has 0 spiro atoms. The highest BCUT2D eigenvalue weighted by atomic mass is 79.9. The summed E-state index contributed by atoms with van der Waals surface area (Å²) in [6, 6.07) is 10.2. The Kier molecular flexibility index (Phi) is 3.71. The van der Waals surface area contributed by atoms with E-state index in [1.807, 2.05) is 19.2 Å². The SMILES string of the molecule is Cc1ccc(C)c(-c2ccc(CBr)c(=O)n2C)c1. The van der Waals surface area contributed by atoms with E-state index in [0.717, 1.165) is 16.8 Å². The third-order valence-electron chi connectivity index (χ3n) is 3.20. The Labute approximate surface area is 115 Å². The smallest absolute Gasteiger partial charge is 0.254 e. The van der Waals surface area contributed by atoms with Crippen LogP contribution in [0.5, 0.6) is 0 Å². The van der Waals surface area contributed by atoms with E-state index in [2.05, 4.69) is 48.0 Å². The highest BCUT2D eigenvalue weighted by Crippen LogP contribution is 2.23. The number of aryl methyl sites for hydroxylation is 2. The predicted octanol–water partition coefficient (Wildman–Crippen LogP) is 3.56. The van der Waals surface area contributed by atoms with Crippen molar-refractivity contribution in [2.45, 2.75) is 19.2 Å². The van der Waals surface area contributed by atoms with Gasteiger partial charge < -0.3 is 4.57 Å². The molecule has 3 heteroatoms. The molecule has 0 atom stereocenters. The summed E-state index contributed by atoms with van der Waals surface area (Å²) < 4.78 is 1.72. The fraction of sp³-hybridized carbons (Fsp3) is 0.267. The van der Waals surface area contributed by atoms with E-state index in [4.69, 9.17) is 0 Å². The van der Waals surface area contributed by atoms with Gasteiger partial charge in [0.1, 0.15) is 0 Å². The summed E-state index contributed by atoms with van der Waals surface area (Å²) in [4.78, 5) is 12.1. The van der Waals surface area contributed by atoms with Crippen LogP contribution in [-0.4, -0.2) is 4.57 Å². The van der Waals surface area contributed by atoms with Gasteiger partial charge in [0.2, 0.25) is 0 Å². The fourth-order valence-corrected chi connectivity index (χ4v) is 2.50. The normalized spacial score (nSPS) is 10.7. The minimum atomic E-state index is 0.0604. The number of aromatic nitrogens is 1. The third-order valence-corrected chi connectivity index (χ3v) is 3.80. The van der Waals surface area contributed by atoms with E-state index in [9.17, 15) is 4.79 Å². The van der Waals surface area contributed by atoms with Crippen LogP contribution in [0.2, 0.25) is 0 Å². The standard InChI is InChI=1S/C15H16BrNO/c1-10-4-5-11(2)13(8-10)14-7-6-12(9-16)15(18)17(14)3/h4-8H,9H2,1-3H3. The van der Waals surface area contributed by atoms with E-state index in [0.29, 0.717) is 5.33 Å². The minimum absolute atomic E-state index is 0.0604. The number of nitrogens with zero attached hydrogens (tertiary/aromatic N) is 1. The number of rotatable bonds is 2. The number of hydrogen-bond donors (Lipinski definition) is 0. The van der Waals surface area contributed by atoms with Gasteiger partial charge in [-0.3, -0.25) is 4.79 Å². The van der Waals surface area contributed by atoms with Crippen LogP contribution < -0.4 is 5.56 Å². The van der Waals surface area contributed by atoms with Gasteiger partial charge in [0.25, 0.3) is 5.56 Å². The molecular weight excluding hydrogens is 290 g/mol. The average molecular weight is 306 g/mol. The van der Waals surface area contributed by atoms with Crippen LogP contribution in [0, 0.1) is 13.8 Å². The molecular formula is C15H16BrNO. The monoisotopic (exact) mass is 305 g/mol. The molecule has 0 aliphatic carbocycles. The maximum atomic E-state index is 12.1. The van der Waals surface area contributed by atoms with Gasteiger partial charge in [-0.25, -0.2) is 0 Å². The zero-order chi connectivity index (χ0) is 13.3. The number of hydrogen-bond acceptors (Lipinski definition) is 1. The van der Waals surface area contributed by atoms with Crippen LogP contribution >= 0.6 is 15.9 Å². The molecule has 2 aromatic rings. The zero-order valence-electron chi connectivity index (χ0n) is 10.8. The van der Waals surface area contributed by atoms with E-state index in [1.54, 1.807) is 4.57 Å². The Bertz CT molecular complexity index is 643. The molecule has 0 aliphatic rings. The van der Waals surface area contributed by atoms with E-state index >= 15 is 0 Å². The van der Waals surface area contributed by atoms with Crippen molar-refractivity contribution in [2.75, 3.05) is 0 Å². The molecule has 94 valence electrons. The molecule has 0 amide bonds. The van der Waals surface area contributed by atoms with Gasteiger partial charge in [0.05, 0.1) is 5.69 Å². The molecule has 1 aromatic carbocycles. The van der Waals surface area contributed by atoms with Crippen molar-refractivity contribution in [3.8, 4) is 11.3 Å². The van der Waals surface area contributed by atoms with E-state index < -0.39 is 0 Å². The Morgan fingerprint density at radius 3 is 2.56 bits per heavy atom. The lowest BCUT2D eigenvalue weighted by Gasteiger charge is -2.12. The summed E-state index contributed by atoms with van der Waals surface area (Å²) in [5, 5.41) is 0.590. The summed E-state index contributed by atoms with van der Waals surface area (Å²) >= 11 is 3.34. The second-order valence-electron chi connectivity index (χ2n) is 4.56. The van der Waals surface area contributed by atoms with Crippen molar-refractivity contribution >= 4 is 15.9 Å². The lowest BCUT2D eigenvalue weighted by Crippen LogP contribution is -2.21. The van der Waals surface area contributed by atoms with Crippen LogP contribution in [-0.2, 0) is 12.4 Å². The summed E-state index contributed by atoms with van der Waals surface area (Å²) in [7, 11) is 1.82. The minimum Gasteiger partial charge on any atom is -0.311 e. The second-order valence-corrected chi connectivity index (χ2v) is 5.12. The molecule has 0 radical (unpaired) electrons. The zero-order valence-corrected chi connectivity index (χ0v) is 12.4. The molecule has 0 unspecified atom stereocenters. The quantitative estimate of drug-likeness (QED) is 0.778. The molecule has 0 aliphatic heterocycles. The molecule has 2 rings (SSSR count). The molecule has 0 bridgehead atoms. The van der Waals surface area contributed by atoms with Gasteiger partial charge in [-0.2, -0.15) is 0 Å². The fourth-order valence-electron chi connectivity index (χ4n) is 2.07. The van der Waals surface area contributed by atoms with Crippen molar-refractivity contribution in [1.29, 1.82) is 0 Å². The molecule has 2 nitrogen and oxygen atoms in total. The number of benzene rings is 1. The Morgan fingerprint density at radius 1 is 1.17 bits per heavy atom. The molecule has 0 fully saturated rings. The Morgan fingerprint density at radius 2 is 1.89 bits per heavy atom. The van der Waals surface area contributed by atoms with E-state index in [1.165, 1.54) is 11.1 Å². The average Bonchev–Trinajstić information content (AvgIpc) is 2.36. The van der Waals surface area contributed by atoms with Gasteiger partial charge in [0, 0.05) is 23.5 Å². The van der Waals surface area contributed by atoms with Crippen molar-refractivity contribution < 1.29 is 0 Å². The summed E-state index contributed by atoms with van der Waals surface area (Å²) in [6.45, 7) is 4.13. The van der Waals surface area contributed by atoms with Crippen LogP contribution in [0.1, 0.15) is 16.7 Å². The number of halogens is 1. The summed E-state index contributed by atoms with van der Waals surface area (Å²) in [6.07, 6.45) is 0. The number of pyridine rings is 1. The van der Waals surface area contributed by atoms with Gasteiger partial charge in [-0.1, -0.05) is 39.7 Å². The predicted molar refractivity (Wildman–Crippen MR) is 79.2 cm³/mol. The van der Waals surface area contributed by atoms with Gasteiger partial charge >= 0.3 is 0 Å².